The summed E-state index contributed by atoms with van der Waals surface area (Å²) in [6, 6.07) is -0.609. The number of aliphatic carboxylic acids is 1. The Morgan fingerprint density at radius 2 is 1.84 bits per heavy atom. The Labute approximate surface area is 147 Å². The summed E-state index contributed by atoms with van der Waals surface area (Å²) in [6.45, 7) is 8.62. The average molecular weight is 357 g/mol. The van der Waals surface area contributed by atoms with Crippen LogP contribution in [0.4, 0.5) is 0 Å². The molecule has 0 radical (unpaired) electrons. The van der Waals surface area contributed by atoms with E-state index in [1.807, 2.05) is 32.6 Å². The molecule has 4 saturated heterocycles. The largest absolute Gasteiger partial charge is 0.480 e. The maximum atomic E-state index is 11.7. The van der Waals surface area contributed by atoms with Gasteiger partial charge in [-0.15, -0.1) is 0 Å². The Morgan fingerprint density at radius 1 is 1.08 bits per heavy atom. The van der Waals surface area contributed by atoms with E-state index in [1.165, 1.54) is 0 Å². The minimum Gasteiger partial charge on any atom is -0.480 e. The molecule has 4 heterocycles. The molecule has 142 valence electrons. The summed E-state index contributed by atoms with van der Waals surface area (Å²) in [4.78, 5) is 13.6. The SMILES string of the molecule is CC1(C)O[C@@H]2[C@@H](CO[C@]3(N4CCC[C@H]4C(=O)O)COC(C)(C)O[C@@H]23)O1. The van der Waals surface area contributed by atoms with Gasteiger partial charge in [0.25, 0.3) is 0 Å². The highest BCUT2D eigenvalue weighted by atomic mass is 16.8. The number of fused-ring (bicyclic) bond motifs is 3. The van der Waals surface area contributed by atoms with Crippen LogP contribution in [-0.2, 0) is 28.5 Å². The number of likely N-dealkylation sites (tertiary alicyclic amines) is 1. The van der Waals surface area contributed by atoms with E-state index in [0.717, 1.165) is 6.42 Å². The fraction of sp³-hybridized carbons (Fsp3) is 0.941. The minimum absolute atomic E-state index is 0.238. The van der Waals surface area contributed by atoms with Crippen LogP contribution in [0.1, 0.15) is 40.5 Å². The summed E-state index contributed by atoms with van der Waals surface area (Å²) < 4.78 is 30.5. The lowest BCUT2D eigenvalue weighted by Gasteiger charge is -2.57. The Hall–Kier alpha value is -0.770. The van der Waals surface area contributed by atoms with Crippen molar-refractivity contribution in [3.63, 3.8) is 0 Å². The van der Waals surface area contributed by atoms with E-state index in [9.17, 15) is 9.90 Å². The Balaban J connectivity index is 1.71. The molecule has 4 aliphatic heterocycles. The quantitative estimate of drug-likeness (QED) is 0.781. The molecule has 4 fully saturated rings. The van der Waals surface area contributed by atoms with Crippen LogP contribution in [0.25, 0.3) is 0 Å². The zero-order valence-electron chi connectivity index (χ0n) is 15.2. The van der Waals surface area contributed by atoms with Gasteiger partial charge < -0.3 is 28.8 Å². The second-order valence-corrected chi connectivity index (χ2v) is 8.21. The fourth-order valence-electron chi connectivity index (χ4n) is 4.52. The number of carboxylic acids is 1. The molecule has 8 nitrogen and oxygen atoms in total. The molecule has 8 heteroatoms. The molecule has 0 aliphatic carbocycles. The number of rotatable bonds is 2. The number of hydrogen-bond donors (Lipinski definition) is 1. The molecule has 25 heavy (non-hydrogen) atoms. The molecular formula is C17H27NO7. The molecule has 1 N–H and O–H groups in total. The van der Waals surface area contributed by atoms with Crippen LogP contribution in [-0.4, -0.2) is 77.4 Å². The third-order valence-electron chi connectivity index (χ3n) is 5.52. The van der Waals surface area contributed by atoms with Crippen LogP contribution in [0.5, 0.6) is 0 Å². The minimum atomic E-state index is -0.972. The van der Waals surface area contributed by atoms with E-state index in [2.05, 4.69) is 0 Å². The van der Waals surface area contributed by atoms with E-state index in [4.69, 9.17) is 23.7 Å². The first-order valence-corrected chi connectivity index (χ1v) is 8.94. The summed E-state index contributed by atoms with van der Waals surface area (Å²) in [5.74, 6) is -2.36. The molecule has 0 amide bonds. The highest BCUT2D eigenvalue weighted by Gasteiger charge is 2.65. The molecule has 0 bridgehead atoms. The first-order chi connectivity index (χ1) is 11.6. The molecule has 0 saturated carbocycles. The van der Waals surface area contributed by atoms with Gasteiger partial charge in [0.1, 0.15) is 24.4 Å². The number of carboxylic acid groups (broad SMARTS) is 1. The lowest BCUT2D eigenvalue weighted by atomic mass is 9.91. The lowest BCUT2D eigenvalue weighted by Crippen LogP contribution is -2.75. The zero-order chi connectivity index (χ0) is 18.0. The second-order valence-electron chi connectivity index (χ2n) is 8.21. The van der Waals surface area contributed by atoms with Gasteiger partial charge in [-0.2, -0.15) is 0 Å². The van der Waals surface area contributed by atoms with Crippen LogP contribution in [0.3, 0.4) is 0 Å². The van der Waals surface area contributed by atoms with Gasteiger partial charge in [-0.1, -0.05) is 0 Å². The molecular weight excluding hydrogens is 330 g/mol. The van der Waals surface area contributed by atoms with Gasteiger partial charge in [-0.3, -0.25) is 9.69 Å². The zero-order valence-corrected chi connectivity index (χ0v) is 15.2. The van der Waals surface area contributed by atoms with Crippen molar-refractivity contribution >= 4 is 5.97 Å². The number of hydrogen-bond acceptors (Lipinski definition) is 7. The third kappa shape index (κ3) is 2.79. The van der Waals surface area contributed by atoms with Crippen molar-refractivity contribution in [2.24, 2.45) is 0 Å². The van der Waals surface area contributed by atoms with Crippen molar-refractivity contribution in [2.45, 2.75) is 82.2 Å². The monoisotopic (exact) mass is 357 g/mol. The predicted octanol–water partition coefficient (Wildman–Crippen LogP) is 0.934. The van der Waals surface area contributed by atoms with Crippen LogP contribution in [0, 0.1) is 0 Å². The maximum Gasteiger partial charge on any atom is 0.321 e. The van der Waals surface area contributed by atoms with Crippen molar-refractivity contribution in [1.29, 1.82) is 0 Å². The number of carbonyl (C=O) groups is 1. The second kappa shape index (κ2) is 5.61. The van der Waals surface area contributed by atoms with E-state index in [1.54, 1.807) is 0 Å². The Bertz CT molecular complexity index is 565. The molecule has 0 aromatic rings. The Morgan fingerprint density at radius 3 is 2.56 bits per heavy atom. The van der Waals surface area contributed by atoms with Gasteiger partial charge in [0, 0.05) is 6.54 Å². The summed E-state index contributed by atoms with van der Waals surface area (Å²) in [5, 5.41) is 9.64. The number of ether oxygens (including phenoxy) is 5. The van der Waals surface area contributed by atoms with Crippen LogP contribution >= 0.6 is 0 Å². The van der Waals surface area contributed by atoms with Crippen LogP contribution in [0.2, 0.25) is 0 Å². The van der Waals surface area contributed by atoms with E-state index in [0.29, 0.717) is 19.6 Å². The van der Waals surface area contributed by atoms with Gasteiger partial charge in [-0.25, -0.2) is 0 Å². The van der Waals surface area contributed by atoms with Crippen molar-refractivity contribution in [3.8, 4) is 0 Å². The van der Waals surface area contributed by atoms with Gasteiger partial charge >= 0.3 is 5.97 Å². The summed E-state index contributed by atoms with van der Waals surface area (Å²) in [6.07, 6.45) is 0.328. The predicted molar refractivity (Wildman–Crippen MR) is 84.8 cm³/mol. The Kier molecular flexibility index (Phi) is 3.96. The lowest BCUT2D eigenvalue weighted by molar-refractivity contribution is -0.403. The van der Waals surface area contributed by atoms with Gasteiger partial charge in [0.05, 0.1) is 13.2 Å². The molecule has 4 rings (SSSR count). The smallest absolute Gasteiger partial charge is 0.321 e. The number of nitrogens with zero attached hydrogens (tertiary/aromatic N) is 1. The van der Waals surface area contributed by atoms with Gasteiger partial charge in [0.2, 0.25) is 0 Å². The molecule has 0 spiro atoms. The average Bonchev–Trinajstić information content (AvgIpc) is 3.10. The highest BCUT2D eigenvalue weighted by molar-refractivity contribution is 5.74. The van der Waals surface area contributed by atoms with Crippen LogP contribution in [0.15, 0.2) is 0 Å². The normalized spacial score (nSPS) is 45.8. The van der Waals surface area contributed by atoms with Crippen molar-refractivity contribution in [3.05, 3.63) is 0 Å². The van der Waals surface area contributed by atoms with Crippen LogP contribution < -0.4 is 0 Å². The standard InChI is InChI=1S/C17H27NO7/c1-15(2)22-9-17(18-7-5-6-10(18)14(19)20)13(25-15)12-11(8-21-17)23-16(3,4)24-12/h10-13H,5-9H2,1-4H3,(H,19,20)/t10-,11+,12+,13-,17+/m0/s1. The highest BCUT2D eigenvalue weighted by Crippen LogP contribution is 2.47. The third-order valence-corrected chi connectivity index (χ3v) is 5.52. The summed E-state index contributed by atoms with van der Waals surface area (Å²) in [7, 11) is 0. The topological polar surface area (TPSA) is 86.7 Å². The van der Waals surface area contributed by atoms with Crippen molar-refractivity contribution in [2.75, 3.05) is 19.8 Å². The van der Waals surface area contributed by atoms with Gasteiger partial charge in [0.15, 0.2) is 17.3 Å². The van der Waals surface area contributed by atoms with Crippen molar-refractivity contribution in [1.82, 2.24) is 4.90 Å². The molecule has 0 aromatic carbocycles. The fourth-order valence-corrected chi connectivity index (χ4v) is 4.52. The van der Waals surface area contributed by atoms with Gasteiger partial charge in [-0.05, 0) is 40.5 Å². The molecule has 5 atom stereocenters. The first kappa shape index (κ1) is 17.6. The first-order valence-electron chi connectivity index (χ1n) is 8.94. The summed E-state index contributed by atoms with van der Waals surface area (Å²) >= 11 is 0. The van der Waals surface area contributed by atoms with E-state index in [-0.39, 0.29) is 18.8 Å². The maximum absolute atomic E-state index is 11.7. The molecule has 0 aromatic heterocycles. The van der Waals surface area contributed by atoms with Crippen molar-refractivity contribution < 1.29 is 33.6 Å². The summed E-state index contributed by atoms with van der Waals surface area (Å²) in [5.41, 5.74) is -0.972. The van der Waals surface area contributed by atoms with E-state index < -0.39 is 35.4 Å². The molecule has 0 unspecified atom stereocenters. The molecule has 4 aliphatic rings. The van der Waals surface area contributed by atoms with E-state index >= 15 is 0 Å².